The molecule has 3 aromatic rings. The monoisotopic (exact) mass is 323 g/mol. The Labute approximate surface area is 137 Å². The Morgan fingerprint density at radius 2 is 2.05 bits per heavy atom. The van der Waals surface area contributed by atoms with E-state index in [9.17, 15) is 5.26 Å². The average Bonchev–Trinajstić information content (AvgIpc) is 3.04. The standard InChI is InChI=1S/C17H10ClN3S/c18-15-5-3-13(4-6-15)16-11-22-17(21-16)14(9-19)8-12-2-1-7-20-10-12/h1-8,10-11H/b14-8-. The lowest BCUT2D eigenvalue weighted by Crippen LogP contribution is -1.83. The fourth-order valence-corrected chi connectivity index (χ4v) is 2.84. The number of hydrogen-bond donors (Lipinski definition) is 0. The molecule has 0 atom stereocenters. The van der Waals surface area contributed by atoms with E-state index in [4.69, 9.17) is 11.6 Å². The molecule has 0 radical (unpaired) electrons. The van der Waals surface area contributed by atoms with Gasteiger partial charge in [0.2, 0.25) is 0 Å². The van der Waals surface area contributed by atoms with Gasteiger partial charge in [0.1, 0.15) is 11.1 Å². The van der Waals surface area contributed by atoms with E-state index in [-0.39, 0.29) is 0 Å². The molecule has 0 aliphatic rings. The van der Waals surface area contributed by atoms with E-state index < -0.39 is 0 Å². The quantitative estimate of drug-likeness (QED) is 0.642. The van der Waals surface area contributed by atoms with Crippen LogP contribution in [-0.2, 0) is 0 Å². The molecule has 0 saturated carbocycles. The Kier molecular flexibility index (Phi) is 4.29. The molecule has 0 N–H and O–H groups in total. The second kappa shape index (κ2) is 6.52. The minimum atomic E-state index is 0.526. The number of hydrogen-bond acceptors (Lipinski definition) is 4. The van der Waals surface area contributed by atoms with Gasteiger partial charge in [-0.3, -0.25) is 4.98 Å². The minimum Gasteiger partial charge on any atom is -0.264 e. The highest BCUT2D eigenvalue weighted by atomic mass is 35.5. The fourth-order valence-electron chi connectivity index (χ4n) is 1.92. The molecule has 0 amide bonds. The molecule has 3 rings (SSSR count). The van der Waals surface area contributed by atoms with Gasteiger partial charge in [-0.05, 0) is 29.8 Å². The van der Waals surface area contributed by atoms with Crippen LogP contribution in [0.2, 0.25) is 5.02 Å². The number of benzene rings is 1. The molecular formula is C17H10ClN3S. The van der Waals surface area contributed by atoms with E-state index in [1.165, 1.54) is 11.3 Å². The number of nitrogens with zero attached hydrogens (tertiary/aromatic N) is 3. The first-order valence-electron chi connectivity index (χ1n) is 6.50. The smallest absolute Gasteiger partial charge is 0.134 e. The van der Waals surface area contributed by atoms with Crippen molar-refractivity contribution in [3.05, 3.63) is 69.8 Å². The number of thiazole rings is 1. The fraction of sp³-hybridized carbons (Fsp3) is 0. The molecule has 0 fully saturated rings. The molecule has 22 heavy (non-hydrogen) atoms. The summed E-state index contributed by atoms with van der Waals surface area (Å²) in [5, 5.41) is 12.7. The summed E-state index contributed by atoms with van der Waals surface area (Å²) in [5.74, 6) is 0. The normalized spacial score (nSPS) is 11.2. The first-order valence-corrected chi connectivity index (χ1v) is 7.76. The third kappa shape index (κ3) is 3.22. The molecule has 106 valence electrons. The Morgan fingerprint density at radius 3 is 2.73 bits per heavy atom. The Bertz CT molecular complexity index is 846. The molecule has 2 aromatic heterocycles. The SMILES string of the molecule is N#C/C(=C/c1cccnc1)c1nc(-c2ccc(Cl)cc2)cs1. The van der Waals surface area contributed by atoms with E-state index in [2.05, 4.69) is 16.0 Å². The zero-order valence-electron chi connectivity index (χ0n) is 11.4. The summed E-state index contributed by atoms with van der Waals surface area (Å²) in [7, 11) is 0. The summed E-state index contributed by atoms with van der Waals surface area (Å²) in [6, 6.07) is 13.4. The van der Waals surface area contributed by atoms with Crippen molar-refractivity contribution < 1.29 is 0 Å². The lowest BCUT2D eigenvalue weighted by atomic mass is 10.1. The number of rotatable bonds is 3. The van der Waals surface area contributed by atoms with Crippen molar-refractivity contribution in [1.29, 1.82) is 5.26 Å². The van der Waals surface area contributed by atoms with E-state index in [1.54, 1.807) is 18.5 Å². The highest BCUT2D eigenvalue weighted by Crippen LogP contribution is 2.27. The second-order valence-corrected chi connectivity index (χ2v) is 5.80. The first-order chi connectivity index (χ1) is 10.8. The number of halogens is 1. The van der Waals surface area contributed by atoms with Crippen LogP contribution in [0.15, 0.2) is 54.2 Å². The second-order valence-electron chi connectivity index (χ2n) is 4.50. The summed E-state index contributed by atoms with van der Waals surface area (Å²) >= 11 is 7.34. The number of aromatic nitrogens is 2. The topological polar surface area (TPSA) is 49.6 Å². The average molecular weight is 324 g/mol. The Hall–Kier alpha value is -2.48. The van der Waals surface area contributed by atoms with Crippen LogP contribution in [0.4, 0.5) is 0 Å². The van der Waals surface area contributed by atoms with Crippen LogP contribution in [0.1, 0.15) is 10.6 Å². The summed E-state index contributed by atoms with van der Waals surface area (Å²) in [4.78, 5) is 8.58. The molecule has 1 aromatic carbocycles. The molecule has 0 unspecified atom stereocenters. The highest BCUT2D eigenvalue weighted by molar-refractivity contribution is 7.11. The van der Waals surface area contributed by atoms with Crippen molar-refractivity contribution in [1.82, 2.24) is 9.97 Å². The summed E-state index contributed by atoms with van der Waals surface area (Å²) in [6.07, 6.45) is 5.20. The van der Waals surface area contributed by atoms with Gasteiger partial charge in [-0.2, -0.15) is 5.26 Å². The van der Waals surface area contributed by atoms with Crippen LogP contribution < -0.4 is 0 Å². The molecule has 0 aliphatic heterocycles. The van der Waals surface area contributed by atoms with Crippen LogP contribution in [0.25, 0.3) is 22.9 Å². The van der Waals surface area contributed by atoms with E-state index >= 15 is 0 Å². The lowest BCUT2D eigenvalue weighted by Gasteiger charge is -1.97. The van der Waals surface area contributed by atoms with Crippen molar-refractivity contribution in [3.63, 3.8) is 0 Å². The summed E-state index contributed by atoms with van der Waals surface area (Å²) in [5.41, 5.74) is 3.22. The molecule has 0 spiro atoms. The minimum absolute atomic E-state index is 0.526. The lowest BCUT2D eigenvalue weighted by molar-refractivity contribution is 1.32. The van der Waals surface area contributed by atoms with E-state index in [1.807, 2.05) is 41.8 Å². The maximum Gasteiger partial charge on any atom is 0.134 e. The molecule has 3 nitrogen and oxygen atoms in total. The van der Waals surface area contributed by atoms with Gasteiger partial charge in [0, 0.05) is 28.4 Å². The van der Waals surface area contributed by atoms with Crippen LogP contribution in [0.5, 0.6) is 0 Å². The third-order valence-electron chi connectivity index (χ3n) is 2.99. The molecular weight excluding hydrogens is 314 g/mol. The van der Waals surface area contributed by atoms with Gasteiger partial charge in [0.15, 0.2) is 0 Å². The Morgan fingerprint density at radius 1 is 1.23 bits per heavy atom. The zero-order valence-corrected chi connectivity index (χ0v) is 13.0. The van der Waals surface area contributed by atoms with Crippen molar-refractivity contribution in [3.8, 4) is 17.3 Å². The largest absolute Gasteiger partial charge is 0.264 e. The van der Waals surface area contributed by atoms with E-state index in [0.717, 1.165) is 16.8 Å². The van der Waals surface area contributed by atoms with Crippen molar-refractivity contribution in [2.75, 3.05) is 0 Å². The van der Waals surface area contributed by atoms with Gasteiger partial charge in [-0.1, -0.05) is 29.8 Å². The zero-order chi connectivity index (χ0) is 15.4. The Balaban J connectivity index is 1.94. The molecule has 0 saturated heterocycles. The van der Waals surface area contributed by atoms with Gasteiger partial charge in [-0.25, -0.2) is 4.98 Å². The van der Waals surface area contributed by atoms with Crippen LogP contribution in [-0.4, -0.2) is 9.97 Å². The van der Waals surface area contributed by atoms with Crippen molar-refractivity contribution in [2.24, 2.45) is 0 Å². The van der Waals surface area contributed by atoms with Crippen LogP contribution in [0, 0.1) is 11.3 Å². The van der Waals surface area contributed by atoms with Gasteiger partial charge in [0.25, 0.3) is 0 Å². The molecule has 0 aliphatic carbocycles. The van der Waals surface area contributed by atoms with Crippen LogP contribution in [0.3, 0.4) is 0 Å². The van der Waals surface area contributed by atoms with Gasteiger partial charge >= 0.3 is 0 Å². The highest BCUT2D eigenvalue weighted by Gasteiger charge is 2.09. The van der Waals surface area contributed by atoms with Gasteiger partial charge < -0.3 is 0 Å². The predicted molar refractivity (Wildman–Crippen MR) is 90.3 cm³/mol. The third-order valence-corrected chi connectivity index (χ3v) is 4.12. The molecule has 2 heterocycles. The maximum absolute atomic E-state index is 9.37. The summed E-state index contributed by atoms with van der Waals surface area (Å²) in [6.45, 7) is 0. The number of nitriles is 1. The summed E-state index contributed by atoms with van der Waals surface area (Å²) < 4.78 is 0. The molecule has 5 heteroatoms. The first kappa shape index (κ1) is 14.5. The van der Waals surface area contributed by atoms with Gasteiger partial charge in [0.05, 0.1) is 11.3 Å². The predicted octanol–water partition coefficient (Wildman–Crippen LogP) is 4.92. The molecule has 0 bridgehead atoms. The number of pyridine rings is 1. The van der Waals surface area contributed by atoms with E-state index in [0.29, 0.717) is 15.6 Å². The van der Waals surface area contributed by atoms with Crippen molar-refractivity contribution >= 4 is 34.6 Å². The maximum atomic E-state index is 9.37. The van der Waals surface area contributed by atoms with Crippen molar-refractivity contribution in [2.45, 2.75) is 0 Å². The number of allylic oxidation sites excluding steroid dienone is 1. The van der Waals surface area contributed by atoms with Gasteiger partial charge in [-0.15, -0.1) is 11.3 Å². The van der Waals surface area contributed by atoms with Crippen LogP contribution >= 0.6 is 22.9 Å².